The van der Waals surface area contributed by atoms with Crippen molar-refractivity contribution in [2.45, 2.75) is 43.8 Å². The number of aliphatic carboxylic acids is 1. The van der Waals surface area contributed by atoms with Crippen LogP contribution in [0.5, 0.6) is 5.75 Å². The van der Waals surface area contributed by atoms with Gasteiger partial charge < -0.3 is 43.4 Å². The van der Waals surface area contributed by atoms with E-state index >= 15 is 0 Å². The number of hydrogen-bond acceptors (Lipinski definition) is 8. The summed E-state index contributed by atoms with van der Waals surface area (Å²) < 4.78 is 0. The number of phenolic OH excluding ortho intramolecular Hbond substituents is 1. The molecular weight excluding hydrogens is 452 g/mol. The summed E-state index contributed by atoms with van der Waals surface area (Å²) in [5.74, 6) is -5.53. The predicted octanol–water partition coefficient (Wildman–Crippen LogP) is -3.43. The highest BCUT2D eigenvalue weighted by molar-refractivity contribution is 5.93. The number of hydrogen-bond donors (Lipinski definition) is 8. The molecule has 0 heterocycles. The van der Waals surface area contributed by atoms with Crippen LogP contribution >= 0.6 is 0 Å². The number of nitrogens with one attached hydrogen (secondary N) is 3. The molecule has 0 spiro atoms. The van der Waals surface area contributed by atoms with Gasteiger partial charge in [0.05, 0.1) is 19.0 Å². The van der Waals surface area contributed by atoms with Crippen LogP contribution in [0.2, 0.25) is 0 Å². The fourth-order valence-electron chi connectivity index (χ4n) is 2.72. The summed E-state index contributed by atoms with van der Waals surface area (Å²) in [6.45, 7) is -0.656. The number of carboxylic acid groups (broad SMARTS) is 1. The molecule has 0 fully saturated rings. The Labute approximate surface area is 194 Å². The number of benzene rings is 1. The monoisotopic (exact) mass is 480 g/mol. The van der Waals surface area contributed by atoms with Crippen LogP contribution < -0.4 is 33.2 Å². The van der Waals surface area contributed by atoms with Crippen molar-refractivity contribution in [2.24, 2.45) is 17.2 Å². The summed E-state index contributed by atoms with van der Waals surface area (Å²) in [6, 6.07) is 1.89. The lowest BCUT2D eigenvalue weighted by molar-refractivity contribution is -0.143. The molecule has 14 nitrogen and oxygen atoms in total. The first-order chi connectivity index (χ1) is 15.9. The lowest BCUT2D eigenvalue weighted by Crippen LogP contribution is -2.54. The normalized spacial score (nSPS) is 13.1. The van der Waals surface area contributed by atoms with Gasteiger partial charge in [-0.25, -0.2) is 4.79 Å². The molecule has 34 heavy (non-hydrogen) atoms. The maximum absolute atomic E-state index is 12.7. The fraction of sp³-hybridized carbons (Fsp3) is 0.400. The Morgan fingerprint density at radius 3 is 2.03 bits per heavy atom. The number of phenols is 1. The van der Waals surface area contributed by atoms with Crippen molar-refractivity contribution in [3.05, 3.63) is 29.8 Å². The van der Waals surface area contributed by atoms with Gasteiger partial charge in [0.1, 0.15) is 17.8 Å². The molecule has 1 rings (SSSR count). The van der Waals surface area contributed by atoms with Crippen LogP contribution in [0.25, 0.3) is 0 Å². The largest absolute Gasteiger partial charge is 0.508 e. The molecule has 3 unspecified atom stereocenters. The van der Waals surface area contributed by atoms with Crippen LogP contribution in [0.15, 0.2) is 24.3 Å². The average Bonchev–Trinajstić information content (AvgIpc) is 2.75. The first-order valence-electron chi connectivity index (χ1n) is 10.1. The molecule has 0 aliphatic heterocycles. The molecular formula is C20H28N6O8. The van der Waals surface area contributed by atoms with Crippen molar-refractivity contribution < 1.29 is 39.0 Å². The number of carbonyl (C=O) groups excluding carboxylic acids is 5. The van der Waals surface area contributed by atoms with E-state index in [1.165, 1.54) is 24.3 Å². The van der Waals surface area contributed by atoms with E-state index in [9.17, 15) is 33.9 Å². The number of primary amides is 2. The van der Waals surface area contributed by atoms with E-state index in [-0.39, 0.29) is 25.0 Å². The summed E-state index contributed by atoms with van der Waals surface area (Å²) in [6.07, 6.45) is -0.869. The molecule has 5 amide bonds. The van der Waals surface area contributed by atoms with Crippen LogP contribution in [0.4, 0.5) is 0 Å². The average molecular weight is 480 g/mol. The van der Waals surface area contributed by atoms with Gasteiger partial charge in [-0.3, -0.25) is 24.0 Å². The van der Waals surface area contributed by atoms with E-state index < -0.39 is 66.6 Å². The molecule has 14 heteroatoms. The first kappa shape index (κ1) is 27.8. The van der Waals surface area contributed by atoms with Gasteiger partial charge in [-0.05, 0) is 24.1 Å². The van der Waals surface area contributed by atoms with E-state index in [1.807, 2.05) is 0 Å². The summed E-state index contributed by atoms with van der Waals surface area (Å²) in [5.41, 5.74) is 16.3. The van der Waals surface area contributed by atoms with Gasteiger partial charge in [-0.1, -0.05) is 12.1 Å². The van der Waals surface area contributed by atoms with Crippen molar-refractivity contribution >= 4 is 35.5 Å². The zero-order chi connectivity index (χ0) is 25.8. The van der Waals surface area contributed by atoms with Crippen molar-refractivity contribution in [1.82, 2.24) is 16.0 Å². The fourth-order valence-corrected chi connectivity index (χ4v) is 2.72. The van der Waals surface area contributed by atoms with Crippen molar-refractivity contribution in [3.63, 3.8) is 0 Å². The number of nitrogens with two attached hydrogens (primary N) is 3. The third-order valence-electron chi connectivity index (χ3n) is 4.51. The van der Waals surface area contributed by atoms with E-state index in [4.69, 9.17) is 22.3 Å². The third kappa shape index (κ3) is 10.4. The predicted molar refractivity (Wildman–Crippen MR) is 117 cm³/mol. The summed E-state index contributed by atoms with van der Waals surface area (Å²) >= 11 is 0. The lowest BCUT2D eigenvalue weighted by atomic mass is 10.0. The molecule has 0 aliphatic rings. The third-order valence-corrected chi connectivity index (χ3v) is 4.51. The number of amides is 5. The molecule has 0 saturated heterocycles. The molecule has 1 aromatic rings. The highest BCUT2D eigenvalue weighted by Gasteiger charge is 2.26. The van der Waals surface area contributed by atoms with Crippen LogP contribution in [0, 0.1) is 0 Å². The van der Waals surface area contributed by atoms with Crippen LogP contribution in [0.3, 0.4) is 0 Å². The molecule has 0 saturated carbocycles. The van der Waals surface area contributed by atoms with Crippen LogP contribution in [0.1, 0.15) is 24.8 Å². The number of carboxylic acids is 1. The van der Waals surface area contributed by atoms with Gasteiger partial charge in [-0.15, -0.1) is 0 Å². The van der Waals surface area contributed by atoms with Crippen LogP contribution in [-0.2, 0) is 35.2 Å². The molecule has 3 atom stereocenters. The first-order valence-corrected chi connectivity index (χ1v) is 10.1. The standard InChI is InChI=1S/C20H28N6O8/c21-12(5-6-15(22)28)18(31)26-13(7-10-1-3-11(27)4-2-10)19(32)24-9-17(30)25-14(20(33)34)8-16(23)29/h1-4,12-14,27H,5-9,21H2,(H2,22,28)(H2,23,29)(H,24,32)(H,25,30)(H,26,31)(H,33,34). The topological polar surface area (TPSA) is 257 Å². The molecule has 11 N–H and O–H groups in total. The number of carbonyl (C=O) groups is 6. The van der Waals surface area contributed by atoms with E-state index in [1.54, 1.807) is 0 Å². The van der Waals surface area contributed by atoms with Crippen molar-refractivity contribution in [3.8, 4) is 5.75 Å². The quantitative estimate of drug-likeness (QED) is 0.132. The van der Waals surface area contributed by atoms with Gasteiger partial charge in [0.15, 0.2) is 0 Å². The highest BCUT2D eigenvalue weighted by Crippen LogP contribution is 2.11. The van der Waals surface area contributed by atoms with E-state index in [0.29, 0.717) is 5.56 Å². The second-order valence-corrected chi connectivity index (χ2v) is 7.39. The Bertz CT molecular complexity index is 920. The molecule has 0 radical (unpaired) electrons. The van der Waals surface area contributed by atoms with Gasteiger partial charge in [0, 0.05) is 12.8 Å². The minimum absolute atomic E-state index is 0.0112. The van der Waals surface area contributed by atoms with E-state index in [2.05, 4.69) is 16.0 Å². The zero-order valence-electron chi connectivity index (χ0n) is 18.2. The SMILES string of the molecule is NC(=O)CCC(N)C(=O)NC(Cc1ccc(O)cc1)C(=O)NCC(=O)NC(CC(N)=O)C(=O)O. The minimum Gasteiger partial charge on any atom is -0.508 e. The van der Waals surface area contributed by atoms with Crippen molar-refractivity contribution in [1.29, 1.82) is 0 Å². The van der Waals surface area contributed by atoms with E-state index in [0.717, 1.165) is 0 Å². The summed E-state index contributed by atoms with van der Waals surface area (Å²) in [5, 5.41) is 25.2. The molecule has 1 aromatic carbocycles. The number of rotatable bonds is 14. The highest BCUT2D eigenvalue weighted by atomic mass is 16.4. The molecule has 186 valence electrons. The lowest BCUT2D eigenvalue weighted by Gasteiger charge is -2.21. The Hall–Kier alpha value is -4.20. The van der Waals surface area contributed by atoms with Gasteiger partial charge in [-0.2, -0.15) is 0 Å². The summed E-state index contributed by atoms with van der Waals surface area (Å²) in [7, 11) is 0. The van der Waals surface area contributed by atoms with Gasteiger partial charge in [0.2, 0.25) is 29.5 Å². The van der Waals surface area contributed by atoms with Crippen molar-refractivity contribution in [2.75, 3.05) is 6.54 Å². The summed E-state index contributed by atoms with van der Waals surface area (Å²) in [4.78, 5) is 70.0. The maximum atomic E-state index is 12.7. The minimum atomic E-state index is -1.57. The second-order valence-electron chi connectivity index (χ2n) is 7.39. The van der Waals surface area contributed by atoms with Crippen LogP contribution in [-0.4, -0.2) is 70.4 Å². The Balaban J connectivity index is 2.84. The zero-order valence-corrected chi connectivity index (χ0v) is 18.2. The number of aromatic hydroxyl groups is 1. The van der Waals surface area contributed by atoms with Gasteiger partial charge >= 0.3 is 5.97 Å². The molecule has 0 aliphatic carbocycles. The maximum Gasteiger partial charge on any atom is 0.326 e. The Kier molecular flexibility index (Phi) is 10.9. The molecule has 0 bridgehead atoms. The second kappa shape index (κ2) is 13.4. The Morgan fingerprint density at radius 2 is 1.50 bits per heavy atom. The smallest absolute Gasteiger partial charge is 0.326 e. The molecule has 0 aromatic heterocycles. The Morgan fingerprint density at radius 1 is 0.882 bits per heavy atom. The van der Waals surface area contributed by atoms with Gasteiger partial charge in [0.25, 0.3) is 0 Å².